The summed E-state index contributed by atoms with van der Waals surface area (Å²) in [6.45, 7) is 4.41. The van der Waals surface area contributed by atoms with E-state index in [1.54, 1.807) is 34.9 Å². The van der Waals surface area contributed by atoms with Crippen molar-refractivity contribution in [2.75, 3.05) is 11.5 Å². The summed E-state index contributed by atoms with van der Waals surface area (Å²) in [5.74, 6) is -0.321. The molecule has 0 saturated heterocycles. The number of nitrogens with two attached hydrogens (primary N) is 2. The van der Waals surface area contributed by atoms with Crippen molar-refractivity contribution in [1.82, 2.24) is 24.7 Å². The van der Waals surface area contributed by atoms with Gasteiger partial charge in [0.25, 0.3) is 11.1 Å². The number of hydrogen-bond donors (Lipinski definition) is 3. The van der Waals surface area contributed by atoms with Crippen molar-refractivity contribution in [3.05, 3.63) is 73.4 Å². The minimum absolute atomic E-state index is 0.0972. The predicted molar refractivity (Wildman–Crippen MR) is 137 cm³/mol. The topological polar surface area (TPSA) is 146 Å². The van der Waals surface area contributed by atoms with E-state index in [2.05, 4.69) is 22.0 Å². The van der Waals surface area contributed by atoms with E-state index < -0.39 is 28.8 Å². The van der Waals surface area contributed by atoms with Gasteiger partial charge in [0.1, 0.15) is 22.2 Å². The molecule has 202 valence electrons. The first-order valence-corrected chi connectivity index (χ1v) is 11.8. The predicted octanol–water partition coefficient (Wildman–Crippen LogP) is 4.70. The quantitative estimate of drug-likeness (QED) is 0.240. The summed E-state index contributed by atoms with van der Waals surface area (Å²) in [5.41, 5.74) is 7.72. The van der Waals surface area contributed by atoms with Gasteiger partial charge >= 0.3 is 6.18 Å². The Labute approximate surface area is 218 Å². The summed E-state index contributed by atoms with van der Waals surface area (Å²) in [6, 6.07) is 4.62. The van der Waals surface area contributed by atoms with Crippen LogP contribution < -0.4 is 22.6 Å². The van der Waals surface area contributed by atoms with Crippen LogP contribution in [-0.4, -0.2) is 24.7 Å². The van der Waals surface area contributed by atoms with Crippen LogP contribution in [0.2, 0.25) is 5.02 Å². The molecule has 0 fully saturated rings. The van der Waals surface area contributed by atoms with Crippen LogP contribution in [0.1, 0.15) is 37.4 Å². The highest BCUT2D eigenvalue weighted by Crippen LogP contribution is 2.30. The van der Waals surface area contributed by atoms with Crippen molar-refractivity contribution >= 4 is 33.9 Å². The molecule has 0 radical (unpaired) electrons. The third-order valence-electron chi connectivity index (χ3n) is 5.52. The van der Waals surface area contributed by atoms with Crippen molar-refractivity contribution < 1.29 is 17.6 Å². The second-order valence-electron chi connectivity index (χ2n) is 8.30. The zero-order chi connectivity index (χ0) is 28.2. The van der Waals surface area contributed by atoms with Crippen LogP contribution in [0, 0.1) is 12.7 Å². The lowest BCUT2D eigenvalue weighted by Gasteiger charge is -2.10. The number of unbranched alkanes of at least 4 members (excludes halogenated alkanes) is 2. The standard InChI is InChI=1S/C19H20ClFN4O.C5H4F3N3O/c1-3-4-5-7-25-8-6-12-9-14(15(21)10-13(12)19(25)26)18-23-11(2)16(20)17(22)24-18;6-5(7,8)3-2(9)1-10-11-4(3)12/h6,8-10H,3-5,7H2,1-2H3,(H2,22,23,24);1H,(H3,9,11,12). The number of benzene rings is 1. The molecule has 0 atom stereocenters. The van der Waals surface area contributed by atoms with E-state index in [0.717, 1.165) is 25.5 Å². The van der Waals surface area contributed by atoms with Gasteiger partial charge in [-0.05, 0) is 36.9 Å². The van der Waals surface area contributed by atoms with Crippen molar-refractivity contribution in [1.29, 1.82) is 0 Å². The van der Waals surface area contributed by atoms with Crippen molar-refractivity contribution in [3.63, 3.8) is 0 Å². The van der Waals surface area contributed by atoms with Crippen LogP contribution in [0.15, 0.2) is 40.2 Å². The third kappa shape index (κ3) is 6.28. The van der Waals surface area contributed by atoms with Gasteiger partial charge in [-0.3, -0.25) is 9.59 Å². The molecule has 5 N–H and O–H groups in total. The first-order chi connectivity index (χ1) is 17.8. The second kappa shape index (κ2) is 11.6. The molecule has 9 nitrogen and oxygen atoms in total. The van der Waals surface area contributed by atoms with Crippen molar-refractivity contribution in [2.45, 2.75) is 45.8 Å². The van der Waals surface area contributed by atoms with Gasteiger partial charge in [-0.2, -0.15) is 18.3 Å². The molecule has 0 aliphatic carbocycles. The fourth-order valence-corrected chi connectivity index (χ4v) is 3.68. The summed E-state index contributed by atoms with van der Waals surface area (Å²) in [7, 11) is 0. The smallest absolute Gasteiger partial charge is 0.397 e. The van der Waals surface area contributed by atoms with Crippen LogP contribution in [0.4, 0.5) is 29.1 Å². The highest BCUT2D eigenvalue weighted by molar-refractivity contribution is 6.33. The first-order valence-electron chi connectivity index (χ1n) is 11.4. The maximum atomic E-state index is 14.7. The Morgan fingerprint density at radius 1 is 1.13 bits per heavy atom. The van der Waals surface area contributed by atoms with E-state index in [-0.39, 0.29) is 27.8 Å². The van der Waals surface area contributed by atoms with Gasteiger partial charge in [-0.25, -0.2) is 19.5 Å². The van der Waals surface area contributed by atoms with E-state index >= 15 is 0 Å². The highest BCUT2D eigenvalue weighted by Gasteiger charge is 2.36. The van der Waals surface area contributed by atoms with Crippen molar-refractivity contribution in [3.8, 4) is 11.4 Å². The number of aromatic nitrogens is 5. The SMILES string of the molecule is CCCCCn1ccc2cc(-c3nc(C)c(Cl)c(N)n3)c(F)cc2c1=O.Nc1cn[nH]c(=O)c1C(F)(F)F. The number of aryl methyl sites for hydroxylation is 2. The first kappa shape index (κ1) is 28.6. The Bertz CT molecular complexity index is 1560. The zero-order valence-electron chi connectivity index (χ0n) is 20.4. The van der Waals surface area contributed by atoms with Gasteiger partial charge in [0.05, 0.1) is 28.5 Å². The molecule has 0 saturated carbocycles. The molecule has 0 unspecified atom stereocenters. The number of fused-ring (bicyclic) bond motifs is 1. The molecule has 0 spiro atoms. The third-order valence-corrected chi connectivity index (χ3v) is 5.99. The van der Waals surface area contributed by atoms with Crippen LogP contribution in [0.25, 0.3) is 22.2 Å². The number of pyridine rings is 1. The maximum absolute atomic E-state index is 14.7. The molecule has 0 aliphatic rings. The van der Waals surface area contributed by atoms with Gasteiger partial charge in [0, 0.05) is 12.7 Å². The fourth-order valence-electron chi connectivity index (χ4n) is 3.59. The number of hydrogen-bond acceptors (Lipinski definition) is 7. The largest absolute Gasteiger partial charge is 0.423 e. The van der Waals surface area contributed by atoms with Gasteiger partial charge in [0.2, 0.25) is 0 Å². The molecule has 0 bridgehead atoms. The average Bonchev–Trinajstić information content (AvgIpc) is 2.83. The molecule has 1 aromatic carbocycles. The molecule has 0 aliphatic heterocycles. The Kier molecular flexibility index (Phi) is 8.71. The zero-order valence-corrected chi connectivity index (χ0v) is 21.1. The van der Waals surface area contributed by atoms with Crippen LogP contribution in [-0.2, 0) is 12.7 Å². The molecule has 3 heterocycles. The monoisotopic (exact) mass is 553 g/mol. The number of nitrogen functional groups attached to an aromatic ring is 2. The Balaban J connectivity index is 0.000000279. The lowest BCUT2D eigenvalue weighted by molar-refractivity contribution is -0.138. The molecule has 4 aromatic rings. The maximum Gasteiger partial charge on any atom is 0.423 e. The van der Waals surface area contributed by atoms with E-state index in [9.17, 15) is 27.2 Å². The summed E-state index contributed by atoms with van der Waals surface area (Å²) < 4.78 is 52.3. The molecule has 4 rings (SSSR count). The summed E-state index contributed by atoms with van der Waals surface area (Å²) in [4.78, 5) is 31.5. The summed E-state index contributed by atoms with van der Waals surface area (Å²) in [6.07, 6.45) is 0.783. The lowest BCUT2D eigenvalue weighted by atomic mass is 10.1. The molecule has 14 heteroatoms. The van der Waals surface area contributed by atoms with Crippen LogP contribution >= 0.6 is 11.6 Å². The fraction of sp³-hybridized carbons (Fsp3) is 0.292. The van der Waals surface area contributed by atoms with E-state index in [1.165, 1.54) is 6.07 Å². The molecular weight excluding hydrogens is 530 g/mol. The summed E-state index contributed by atoms with van der Waals surface area (Å²) in [5, 5.41) is 5.96. The van der Waals surface area contributed by atoms with E-state index in [0.29, 0.717) is 23.0 Å². The van der Waals surface area contributed by atoms with Gasteiger partial charge < -0.3 is 16.0 Å². The Morgan fingerprint density at radius 3 is 2.42 bits per heavy atom. The minimum atomic E-state index is -4.74. The molecule has 38 heavy (non-hydrogen) atoms. The number of halogens is 5. The lowest BCUT2D eigenvalue weighted by Crippen LogP contribution is -2.24. The molecule has 3 aromatic heterocycles. The number of rotatable bonds is 5. The second-order valence-corrected chi connectivity index (χ2v) is 8.68. The van der Waals surface area contributed by atoms with Gasteiger partial charge in [-0.15, -0.1) is 0 Å². The van der Waals surface area contributed by atoms with E-state index in [4.69, 9.17) is 23.1 Å². The number of H-pyrrole nitrogens is 1. The number of nitrogens with zero attached hydrogens (tertiary/aromatic N) is 4. The minimum Gasteiger partial charge on any atom is -0.397 e. The average molecular weight is 554 g/mol. The summed E-state index contributed by atoms with van der Waals surface area (Å²) >= 11 is 5.97. The normalized spacial score (nSPS) is 11.3. The Morgan fingerprint density at radius 2 is 1.84 bits per heavy atom. The highest BCUT2D eigenvalue weighted by atomic mass is 35.5. The van der Waals surface area contributed by atoms with Gasteiger partial charge in [-0.1, -0.05) is 31.4 Å². The number of aromatic amines is 1. The van der Waals surface area contributed by atoms with Crippen LogP contribution in [0.3, 0.4) is 0 Å². The molecular formula is C24H24ClF4N7O2. The van der Waals surface area contributed by atoms with Gasteiger partial charge in [0.15, 0.2) is 5.82 Å². The number of alkyl halides is 3. The van der Waals surface area contributed by atoms with Crippen LogP contribution in [0.5, 0.6) is 0 Å². The number of anilines is 2. The Hall–Kier alpha value is -4.00. The van der Waals surface area contributed by atoms with E-state index in [1.807, 2.05) is 0 Å². The van der Waals surface area contributed by atoms with Crippen molar-refractivity contribution in [2.24, 2.45) is 0 Å². The number of nitrogens with one attached hydrogen (secondary N) is 1. The molecule has 0 amide bonds.